The number of nitrogens with zero attached hydrogens (tertiary/aromatic N) is 3. The van der Waals surface area contributed by atoms with Gasteiger partial charge in [0.2, 0.25) is 5.13 Å². The SMILES string of the molecule is CCCOc1ccc(/C(O)=C2\C(=O)C(=O)N(c3nnc(SCc4ccccc4)s3)C2c2ccccc2)cc1. The number of thioether (sulfide) groups is 1. The molecule has 9 heteroatoms. The number of carbonyl (C=O) groups excluding carboxylic acids is 2. The third kappa shape index (κ3) is 5.34. The fourth-order valence-electron chi connectivity index (χ4n) is 4.14. The number of ether oxygens (including phenoxy) is 1. The number of hydrogen-bond donors (Lipinski definition) is 1. The lowest BCUT2D eigenvalue weighted by molar-refractivity contribution is -0.132. The molecule has 1 N–H and O–H groups in total. The van der Waals surface area contributed by atoms with Crippen molar-refractivity contribution >= 4 is 45.7 Å². The Kier molecular flexibility index (Phi) is 7.86. The van der Waals surface area contributed by atoms with Crippen LogP contribution in [-0.2, 0) is 15.3 Å². The van der Waals surface area contributed by atoms with Crippen molar-refractivity contribution in [3.05, 3.63) is 107 Å². The summed E-state index contributed by atoms with van der Waals surface area (Å²) >= 11 is 2.76. The molecular formula is C29H25N3O4S2. The average Bonchev–Trinajstić information content (AvgIpc) is 3.53. The summed E-state index contributed by atoms with van der Waals surface area (Å²) < 4.78 is 6.31. The van der Waals surface area contributed by atoms with E-state index in [1.807, 2.05) is 67.6 Å². The number of aromatic nitrogens is 2. The maximum Gasteiger partial charge on any atom is 0.301 e. The standard InChI is InChI=1S/C29H25N3O4S2/c1-2-17-36-22-15-13-21(14-16-22)25(33)23-24(20-11-7-4-8-12-20)32(27(35)26(23)34)28-30-31-29(38-28)37-18-19-9-5-3-6-10-19/h3-16,24,33H,2,17-18H2,1H3/b25-23+. The van der Waals surface area contributed by atoms with E-state index in [9.17, 15) is 14.7 Å². The summed E-state index contributed by atoms with van der Waals surface area (Å²) in [5.41, 5.74) is 2.26. The molecule has 1 atom stereocenters. The van der Waals surface area contributed by atoms with Gasteiger partial charge in [-0.05, 0) is 41.8 Å². The summed E-state index contributed by atoms with van der Waals surface area (Å²) in [7, 11) is 0. The number of benzene rings is 3. The Morgan fingerprint density at radius 1 is 0.974 bits per heavy atom. The van der Waals surface area contributed by atoms with Crippen LogP contribution in [-0.4, -0.2) is 33.6 Å². The summed E-state index contributed by atoms with van der Waals surface area (Å²) in [6, 6.07) is 25.1. The molecule has 1 amide bonds. The van der Waals surface area contributed by atoms with Crippen LogP contribution >= 0.6 is 23.1 Å². The average molecular weight is 544 g/mol. The molecule has 1 aliphatic heterocycles. The van der Waals surface area contributed by atoms with Crippen LogP contribution in [0.1, 0.15) is 36.1 Å². The van der Waals surface area contributed by atoms with E-state index in [0.717, 1.165) is 12.0 Å². The highest BCUT2D eigenvalue weighted by molar-refractivity contribution is 8.00. The summed E-state index contributed by atoms with van der Waals surface area (Å²) in [4.78, 5) is 28.0. The van der Waals surface area contributed by atoms with E-state index in [2.05, 4.69) is 10.2 Å². The molecule has 0 bridgehead atoms. The minimum Gasteiger partial charge on any atom is -0.507 e. The first-order chi connectivity index (χ1) is 18.6. The van der Waals surface area contributed by atoms with Gasteiger partial charge in [0.25, 0.3) is 5.78 Å². The van der Waals surface area contributed by atoms with Crippen molar-refractivity contribution in [1.82, 2.24) is 10.2 Å². The van der Waals surface area contributed by atoms with Crippen LogP contribution in [0.5, 0.6) is 5.75 Å². The number of aliphatic hydroxyl groups is 1. The first-order valence-corrected chi connectivity index (χ1v) is 14.0. The molecule has 1 aliphatic rings. The second-order valence-corrected chi connectivity index (χ2v) is 10.8. The topological polar surface area (TPSA) is 92.6 Å². The lowest BCUT2D eigenvalue weighted by atomic mass is 9.95. The number of aliphatic hydroxyl groups excluding tert-OH is 1. The smallest absolute Gasteiger partial charge is 0.301 e. The quantitative estimate of drug-likeness (QED) is 0.0877. The third-order valence-corrected chi connectivity index (χ3v) is 8.09. The lowest BCUT2D eigenvalue weighted by Crippen LogP contribution is -2.29. The highest BCUT2D eigenvalue weighted by Gasteiger charge is 2.48. The molecule has 1 unspecified atom stereocenters. The third-order valence-electron chi connectivity index (χ3n) is 5.97. The largest absolute Gasteiger partial charge is 0.507 e. The molecule has 5 rings (SSSR count). The molecule has 0 radical (unpaired) electrons. The molecule has 1 fully saturated rings. The Morgan fingerprint density at radius 2 is 1.66 bits per heavy atom. The van der Waals surface area contributed by atoms with Crippen LogP contribution in [0.4, 0.5) is 5.13 Å². The fourth-order valence-corrected chi connectivity index (χ4v) is 5.97. The van der Waals surface area contributed by atoms with Gasteiger partial charge >= 0.3 is 5.91 Å². The lowest BCUT2D eigenvalue weighted by Gasteiger charge is -2.22. The second-order valence-electron chi connectivity index (χ2n) is 8.58. The van der Waals surface area contributed by atoms with Gasteiger partial charge in [0.1, 0.15) is 11.5 Å². The Bertz CT molecular complexity index is 1450. The molecule has 7 nitrogen and oxygen atoms in total. The molecule has 0 aliphatic carbocycles. The van der Waals surface area contributed by atoms with Crippen LogP contribution in [0.2, 0.25) is 0 Å². The Morgan fingerprint density at radius 3 is 2.34 bits per heavy atom. The van der Waals surface area contributed by atoms with Crippen molar-refractivity contribution in [2.24, 2.45) is 0 Å². The van der Waals surface area contributed by atoms with Gasteiger partial charge in [-0.15, -0.1) is 10.2 Å². The Labute approximate surface area is 228 Å². The van der Waals surface area contributed by atoms with E-state index in [1.54, 1.807) is 24.3 Å². The Balaban J connectivity index is 1.49. The van der Waals surface area contributed by atoms with Gasteiger partial charge in [0.15, 0.2) is 4.34 Å². The normalized spacial score (nSPS) is 16.7. The minimum absolute atomic E-state index is 0.0112. The number of Topliss-reactive ketones (excluding diaryl/α,β-unsaturated/α-hetero) is 1. The Hall–Kier alpha value is -3.95. The van der Waals surface area contributed by atoms with E-state index >= 15 is 0 Å². The zero-order valence-electron chi connectivity index (χ0n) is 20.6. The van der Waals surface area contributed by atoms with E-state index < -0.39 is 17.7 Å². The first kappa shape index (κ1) is 25.7. The number of hydrogen-bond acceptors (Lipinski definition) is 8. The van der Waals surface area contributed by atoms with Gasteiger partial charge in [-0.3, -0.25) is 14.5 Å². The van der Waals surface area contributed by atoms with Crippen LogP contribution < -0.4 is 9.64 Å². The first-order valence-electron chi connectivity index (χ1n) is 12.2. The summed E-state index contributed by atoms with van der Waals surface area (Å²) in [5.74, 6) is -0.396. The van der Waals surface area contributed by atoms with E-state index in [-0.39, 0.29) is 11.3 Å². The van der Waals surface area contributed by atoms with Gasteiger partial charge in [0.05, 0.1) is 18.2 Å². The van der Waals surface area contributed by atoms with Crippen molar-refractivity contribution in [3.63, 3.8) is 0 Å². The summed E-state index contributed by atoms with van der Waals surface area (Å²) in [6.07, 6.45) is 0.875. The summed E-state index contributed by atoms with van der Waals surface area (Å²) in [5, 5.41) is 20.1. The molecule has 0 saturated carbocycles. The van der Waals surface area contributed by atoms with Crippen LogP contribution in [0.25, 0.3) is 5.76 Å². The molecule has 192 valence electrons. The molecule has 2 heterocycles. The number of anilines is 1. The van der Waals surface area contributed by atoms with Gasteiger partial charge in [-0.25, -0.2) is 0 Å². The zero-order chi connectivity index (χ0) is 26.5. The van der Waals surface area contributed by atoms with Gasteiger partial charge in [-0.1, -0.05) is 90.7 Å². The number of rotatable bonds is 9. The number of amides is 1. The van der Waals surface area contributed by atoms with Crippen LogP contribution in [0, 0.1) is 0 Å². The molecule has 0 spiro atoms. The van der Waals surface area contributed by atoms with Crippen molar-refractivity contribution < 1.29 is 19.4 Å². The van der Waals surface area contributed by atoms with Gasteiger partial charge in [-0.2, -0.15) is 0 Å². The minimum atomic E-state index is -0.841. The monoisotopic (exact) mass is 543 g/mol. The molecule has 1 aromatic heterocycles. The molecule has 4 aromatic rings. The zero-order valence-corrected chi connectivity index (χ0v) is 22.2. The van der Waals surface area contributed by atoms with E-state index in [4.69, 9.17) is 4.74 Å². The van der Waals surface area contributed by atoms with Crippen LogP contribution in [0.15, 0.2) is 94.8 Å². The highest BCUT2D eigenvalue weighted by Crippen LogP contribution is 2.44. The second kappa shape index (κ2) is 11.6. The molecule has 3 aromatic carbocycles. The van der Waals surface area contributed by atoms with Crippen LogP contribution in [0.3, 0.4) is 0 Å². The van der Waals surface area contributed by atoms with E-state index in [1.165, 1.54) is 28.0 Å². The van der Waals surface area contributed by atoms with Crippen molar-refractivity contribution in [1.29, 1.82) is 0 Å². The highest BCUT2D eigenvalue weighted by atomic mass is 32.2. The predicted octanol–water partition coefficient (Wildman–Crippen LogP) is 6.25. The maximum atomic E-state index is 13.3. The van der Waals surface area contributed by atoms with Gasteiger partial charge in [0, 0.05) is 11.3 Å². The van der Waals surface area contributed by atoms with Crippen molar-refractivity contribution in [2.75, 3.05) is 11.5 Å². The number of ketones is 1. The summed E-state index contributed by atoms with van der Waals surface area (Å²) in [6.45, 7) is 2.60. The van der Waals surface area contributed by atoms with Crippen molar-refractivity contribution in [3.8, 4) is 5.75 Å². The number of carbonyl (C=O) groups is 2. The van der Waals surface area contributed by atoms with Crippen molar-refractivity contribution in [2.45, 2.75) is 29.5 Å². The van der Waals surface area contributed by atoms with Gasteiger partial charge < -0.3 is 9.84 Å². The molecule has 1 saturated heterocycles. The fraction of sp³-hybridized carbons (Fsp3) is 0.172. The molecular weight excluding hydrogens is 518 g/mol. The maximum absolute atomic E-state index is 13.3. The molecule has 38 heavy (non-hydrogen) atoms. The van der Waals surface area contributed by atoms with E-state index in [0.29, 0.717) is 38.7 Å². The predicted molar refractivity (Wildman–Crippen MR) is 149 cm³/mol.